The molecule has 1 aromatic heterocycles. The maximum atomic E-state index is 12.8. The van der Waals surface area contributed by atoms with Gasteiger partial charge in [0.2, 0.25) is 5.28 Å². The van der Waals surface area contributed by atoms with Crippen LogP contribution in [0.15, 0.2) is 34.2 Å². The first-order chi connectivity index (χ1) is 10.4. The third-order valence-electron chi connectivity index (χ3n) is 3.49. The van der Waals surface area contributed by atoms with Gasteiger partial charge < -0.3 is 0 Å². The number of hydrogen-bond donors (Lipinski definition) is 0. The minimum Gasteiger partial charge on any atom is -0.223 e. The van der Waals surface area contributed by atoms with Crippen LogP contribution >= 0.6 is 23.4 Å². The van der Waals surface area contributed by atoms with E-state index in [1.54, 1.807) is 6.07 Å². The zero-order chi connectivity index (χ0) is 15.7. The van der Waals surface area contributed by atoms with Gasteiger partial charge in [-0.15, -0.1) is 0 Å². The van der Waals surface area contributed by atoms with Gasteiger partial charge in [-0.05, 0) is 55.5 Å². The van der Waals surface area contributed by atoms with Crippen molar-refractivity contribution in [2.75, 3.05) is 0 Å². The van der Waals surface area contributed by atoms with E-state index in [0.29, 0.717) is 9.92 Å². The maximum absolute atomic E-state index is 12.8. The van der Waals surface area contributed by atoms with E-state index in [1.165, 1.54) is 17.8 Å². The molecule has 0 fully saturated rings. The average Bonchev–Trinajstić information content (AvgIpc) is 2.46. The Kier molecular flexibility index (Phi) is 4.32. The Morgan fingerprint density at radius 2 is 1.86 bits per heavy atom. The van der Waals surface area contributed by atoms with Gasteiger partial charge in [-0.25, -0.2) is 9.97 Å². The normalized spacial score (nSPS) is 14.7. The molecule has 0 bridgehead atoms. The fraction of sp³-hybridized carbons (Fsp3) is 0.333. The number of benzene rings is 1. The van der Waals surface area contributed by atoms with Gasteiger partial charge in [0, 0.05) is 16.2 Å². The van der Waals surface area contributed by atoms with Gasteiger partial charge in [0.1, 0.15) is 5.03 Å². The number of aromatic nitrogens is 2. The molecule has 0 saturated heterocycles. The lowest BCUT2D eigenvalue weighted by Gasteiger charge is -2.17. The molecule has 1 aliphatic rings. The lowest BCUT2D eigenvalue weighted by Crippen LogP contribution is -2.09. The molecule has 22 heavy (non-hydrogen) atoms. The Bertz CT molecular complexity index is 704. The molecule has 2 nitrogen and oxygen atoms in total. The monoisotopic (exact) mass is 344 g/mol. The standard InChI is InChI=1S/C15H12ClF3N2S/c16-14-20-12-7-2-1-6-11(12)13(21-14)22-10-5-3-4-9(8-10)15(17,18)19/h3-5,8H,1-2,6-7H2. The van der Waals surface area contributed by atoms with Gasteiger partial charge in [-0.3, -0.25) is 0 Å². The SMILES string of the molecule is FC(F)(F)c1cccc(Sc2nc(Cl)nc3c2CCCC3)c1. The number of aryl methyl sites for hydroxylation is 1. The molecule has 0 radical (unpaired) electrons. The Morgan fingerprint density at radius 3 is 2.64 bits per heavy atom. The Balaban J connectivity index is 1.95. The fourth-order valence-corrected chi connectivity index (χ4v) is 3.73. The molecular weight excluding hydrogens is 333 g/mol. The Morgan fingerprint density at radius 1 is 1.09 bits per heavy atom. The van der Waals surface area contributed by atoms with Crippen LogP contribution in [0.3, 0.4) is 0 Å². The highest BCUT2D eigenvalue weighted by atomic mass is 35.5. The highest BCUT2D eigenvalue weighted by molar-refractivity contribution is 7.99. The second-order valence-electron chi connectivity index (χ2n) is 5.06. The van der Waals surface area contributed by atoms with Crippen LogP contribution in [0.25, 0.3) is 0 Å². The number of nitrogens with zero attached hydrogens (tertiary/aromatic N) is 2. The van der Waals surface area contributed by atoms with Gasteiger partial charge in [0.05, 0.1) is 5.56 Å². The highest BCUT2D eigenvalue weighted by Crippen LogP contribution is 2.37. The molecule has 0 aliphatic heterocycles. The lowest BCUT2D eigenvalue weighted by molar-refractivity contribution is -0.137. The molecule has 0 spiro atoms. The quantitative estimate of drug-likeness (QED) is 0.554. The van der Waals surface area contributed by atoms with Crippen LogP contribution in [0.5, 0.6) is 0 Å². The second kappa shape index (κ2) is 6.08. The summed E-state index contributed by atoms with van der Waals surface area (Å²) >= 11 is 7.15. The predicted molar refractivity (Wildman–Crippen MR) is 79.3 cm³/mol. The number of alkyl halides is 3. The van der Waals surface area contributed by atoms with Crippen molar-refractivity contribution in [3.05, 3.63) is 46.4 Å². The fourth-order valence-electron chi connectivity index (χ4n) is 2.46. The van der Waals surface area contributed by atoms with Gasteiger partial charge in [-0.1, -0.05) is 17.8 Å². The van der Waals surface area contributed by atoms with Crippen molar-refractivity contribution in [3.63, 3.8) is 0 Å². The summed E-state index contributed by atoms with van der Waals surface area (Å²) in [5, 5.41) is 0.809. The summed E-state index contributed by atoms with van der Waals surface area (Å²) in [7, 11) is 0. The van der Waals surface area contributed by atoms with Crippen LogP contribution in [0.4, 0.5) is 13.2 Å². The highest BCUT2D eigenvalue weighted by Gasteiger charge is 2.30. The molecule has 116 valence electrons. The summed E-state index contributed by atoms with van der Waals surface area (Å²) in [5.41, 5.74) is 1.27. The van der Waals surface area contributed by atoms with Crippen LogP contribution in [0.1, 0.15) is 29.7 Å². The van der Waals surface area contributed by atoms with E-state index in [9.17, 15) is 13.2 Å². The minimum atomic E-state index is -4.35. The van der Waals surface area contributed by atoms with Crippen LogP contribution in [-0.4, -0.2) is 9.97 Å². The van der Waals surface area contributed by atoms with E-state index in [4.69, 9.17) is 11.6 Å². The van der Waals surface area contributed by atoms with E-state index in [1.807, 2.05) is 0 Å². The van der Waals surface area contributed by atoms with Crippen molar-refractivity contribution in [1.82, 2.24) is 9.97 Å². The maximum Gasteiger partial charge on any atom is 0.416 e. The number of fused-ring (bicyclic) bond motifs is 1. The molecular formula is C15H12ClF3N2S. The van der Waals surface area contributed by atoms with Crippen molar-refractivity contribution in [1.29, 1.82) is 0 Å². The first-order valence-corrected chi connectivity index (χ1v) is 8.03. The van der Waals surface area contributed by atoms with Crippen LogP contribution < -0.4 is 0 Å². The van der Waals surface area contributed by atoms with Gasteiger partial charge in [-0.2, -0.15) is 13.2 Å². The minimum absolute atomic E-state index is 0.148. The molecule has 3 rings (SSSR count). The van der Waals surface area contributed by atoms with E-state index >= 15 is 0 Å². The smallest absolute Gasteiger partial charge is 0.223 e. The molecule has 7 heteroatoms. The zero-order valence-corrected chi connectivity index (χ0v) is 13.0. The summed E-state index contributed by atoms with van der Waals surface area (Å²) in [6.45, 7) is 0. The predicted octanol–water partition coefficient (Wildman–Crippen LogP) is 5.18. The van der Waals surface area contributed by atoms with Crippen molar-refractivity contribution < 1.29 is 13.2 Å². The molecule has 1 heterocycles. The van der Waals surface area contributed by atoms with E-state index < -0.39 is 11.7 Å². The number of hydrogen-bond acceptors (Lipinski definition) is 3. The first-order valence-electron chi connectivity index (χ1n) is 6.84. The third-order valence-corrected chi connectivity index (χ3v) is 4.68. The Labute approximate surface area is 135 Å². The summed E-state index contributed by atoms with van der Waals surface area (Å²) in [4.78, 5) is 8.94. The summed E-state index contributed by atoms with van der Waals surface area (Å²) < 4.78 is 38.4. The van der Waals surface area contributed by atoms with E-state index in [2.05, 4.69) is 9.97 Å². The van der Waals surface area contributed by atoms with Crippen LogP contribution in [0.2, 0.25) is 5.28 Å². The summed E-state index contributed by atoms with van der Waals surface area (Å²) in [5.74, 6) is 0. The molecule has 0 N–H and O–H groups in total. The van der Waals surface area contributed by atoms with Crippen molar-refractivity contribution in [2.24, 2.45) is 0 Å². The molecule has 1 aromatic carbocycles. The second-order valence-corrected chi connectivity index (χ2v) is 6.46. The molecule has 0 atom stereocenters. The van der Waals surface area contributed by atoms with Crippen LogP contribution in [0, 0.1) is 0 Å². The molecule has 0 saturated carbocycles. The molecule has 0 unspecified atom stereocenters. The van der Waals surface area contributed by atoms with Gasteiger partial charge in [0.25, 0.3) is 0 Å². The molecule has 1 aliphatic carbocycles. The average molecular weight is 345 g/mol. The summed E-state index contributed by atoms with van der Waals surface area (Å²) in [6.07, 6.45) is -0.580. The number of rotatable bonds is 2. The molecule has 0 amide bonds. The van der Waals surface area contributed by atoms with Gasteiger partial charge >= 0.3 is 6.18 Å². The van der Waals surface area contributed by atoms with Gasteiger partial charge in [0.15, 0.2) is 0 Å². The lowest BCUT2D eigenvalue weighted by atomic mass is 9.98. The Hall–Kier alpha value is -1.27. The van der Waals surface area contributed by atoms with E-state index in [0.717, 1.165) is 49.1 Å². The van der Waals surface area contributed by atoms with Crippen molar-refractivity contribution in [3.8, 4) is 0 Å². The summed E-state index contributed by atoms with van der Waals surface area (Å²) in [6, 6.07) is 5.24. The van der Waals surface area contributed by atoms with E-state index in [-0.39, 0.29) is 5.28 Å². The molecule has 2 aromatic rings. The third kappa shape index (κ3) is 3.38. The largest absolute Gasteiger partial charge is 0.416 e. The van der Waals surface area contributed by atoms with Crippen molar-refractivity contribution in [2.45, 2.75) is 41.8 Å². The number of halogens is 4. The van der Waals surface area contributed by atoms with Crippen LogP contribution in [-0.2, 0) is 19.0 Å². The van der Waals surface area contributed by atoms with Crippen molar-refractivity contribution >= 4 is 23.4 Å². The zero-order valence-electron chi connectivity index (χ0n) is 11.5. The topological polar surface area (TPSA) is 25.8 Å². The first kappa shape index (κ1) is 15.6.